The third-order valence-corrected chi connectivity index (χ3v) is 8.22. The van der Waals surface area contributed by atoms with Crippen LogP contribution in [0.25, 0.3) is 17.1 Å². The monoisotopic (exact) mass is 629 g/mol. The van der Waals surface area contributed by atoms with Crippen molar-refractivity contribution in [1.29, 1.82) is 0 Å². The highest BCUT2D eigenvalue weighted by Crippen LogP contribution is 2.30. The van der Waals surface area contributed by atoms with Crippen molar-refractivity contribution in [2.24, 2.45) is 0 Å². The predicted octanol–water partition coefficient (Wildman–Crippen LogP) is 7.78. The third-order valence-electron chi connectivity index (χ3n) is 5.26. The van der Waals surface area contributed by atoms with Gasteiger partial charge in [-0.1, -0.05) is 87.3 Å². The first-order valence-electron chi connectivity index (χ1n) is 11.0. The van der Waals surface area contributed by atoms with E-state index in [2.05, 4.69) is 36.4 Å². The van der Waals surface area contributed by atoms with Crippen LogP contribution in [0.3, 0.4) is 0 Å². The summed E-state index contributed by atoms with van der Waals surface area (Å²) in [7, 11) is 0. The van der Waals surface area contributed by atoms with Crippen molar-refractivity contribution in [3.8, 4) is 17.1 Å². The van der Waals surface area contributed by atoms with Crippen LogP contribution in [0.4, 0.5) is 5.13 Å². The molecule has 5 rings (SSSR count). The standard InChI is InChI=1S/C26H18BrCl2N5OS2/c27-18-9-6-16(7-10-18)24-32-33-26(34(24)20-4-2-1-3-5-20)36-15-23(35)31-25-30-14-21(37-25)12-17-8-11-19(28)13-22(17)29/h1-11,13-14H,12,15H2,(H,30,31,35). The van der Waals surface area contributed by atoms with Crippen LogP contribution in [0.2, 0.25) is 10.0 Å². The molecule has 6 nitrogen and oxygen atoms in total. The summed E-state index contributed by atoms with van der Waals surface area (Å²) < 4.78 is 2.94. The topological polar surface area (TPSA) is 72.7 Å². The van der Waals surface area contributed by atoms with Gasteiger partial charge in [0, 0.05) is 43.3 Å². The molecule has 1 amide bonds. The second-order valence-corrected chi connectivity index (χ2v) is 11.7. The van der Waals surface area contributed by atoms with Gasteiger partial charge in [0.15, 0.2) is 16.1 Å². The van der Waals surface area contributed by atoms with Crippen molar-refractivity contribution in [3.05, 3.63) is 104 Å². The average Bonchev–Trinajstić information content (AvgIpc) is 3.52. The van der Waals surface area contributed by atoms with Gasteiger partial charge in [0.2, 0.25) is 5.91 Å². The number of benzene rings is 3. The second-order valence-electron chi connectivity index (χ2n) is 7.87. The maximum atomic E-state index is 12.7. The molecule has 37 heavy (non-hydrogen) atoms. The molecule has 0 saturated carbocycles. The van der Waals surface area contributed by atoms with Crippen molar-refractivity contribution >= 4 is 73.3 Å². The molecule has 2 aromatic heterocycles. The molecular formula is C26H18BrCl2N5OS2. The number of anilines is 1. The van der Waals surface area contributed by atoms with E-state index in [1.165, 1.54) is 23.1 Å². The third kappa shape index (κ3) is 6.42. The van der Waals surface area contributed by atoms with Gasteiger partial charge in [-0.2, -0.15) is 0 Å². The summed E-state index contributed by atoms with van der Waals surface area (Å²) in [5.74, 6) is 0.679. The van der Waals surface area contributed by atoms with Crippen LogP contribution in [0.15, 0.2) is 88.6 Å². The van der Waals surface area contributed by atoms with E-state index in [4.69, 9.17) is 23.2 Å². The highest BCUT2D eigenvalue weighted by atomic mass is 79.9. The maximum absolute atomic E-state index is 12.7. The van der Waals surface area contributed by atoms with Gasteiger partial charge in [0.25, 0.3) is 0 Å². The molecule has 5 aromatic rings. The fourth-order valence-corrected chi connectivity index (χ4v) is 5.89. The van der Waals surface area contributed by atoms with E-state index < -0.39 is 0 Å². The summed E-state index contributed by atoms with van der Waals surface area (Å²) in [6.45, 7) is 0. The first-order chi connectivity index (χ1) is 18.0. The minimum absolute atomic E-state index is 0.156. The molecule has 0 bridgehead atoms. The number of nitrogens with zero attached hydrogens (tertiary/aromatic N) is 4. The molecule has 0 aliphatic carbocycles. The first-order valence-corrected chi connectivity index (χ1v) is 14.4. The largest absolute Gasteiger partial charge is 0.301 e. The number of hydrogen-bond acceptors (Lipinski definition) is 6. The highest BCUT2D eigenvalue weighted by molar-refractivity contribution is 9.10. The zero-order chi connectivity index (χ0) is 25.8. The Balaban J connectivity index is 1.28. The van der Waals surface area contributed by atoms with Crippen LogP contribution in [0.5, 0.6) is 0 Å². The van der Waals surface area contributed by atoms with E-state index in [1.807, 2.05) is 65.2 Å². The number of para-hydroxylation sites is 1. The molecule has 0 radical (unpaired) electrons. The number of nitrogens with one attached hydrogen (secondary N) is 1. The number of thiazole rings is 1. The number of hydrogen-bond donors (Lipinski definition) is 1. The maximum Gasteiger partial charge on any atom is 0.236 e. The molecule has 0 spiro atoms. The van der Waals surface area contributed by atoms with Crippen molar-refractivity contribution in [3.63, 3.8) is 0 Å². The molecule has 0 fully saturated rings. The summed E-state index contributed by atoms with van der Waals surface area (Å²) in [6.07, 6.45) is 2.35. The number of halogens is 3. The minimum Gasteiger partial charge on any atom is -0.301 e. The SMILES string of the molecule is O=C(CSc1nnc(-c2ccc(Br)cc2)n1-c1ccccc1)Nc1ncc(Cc2ccc(Cl)cc2Cl)s1. The number of carbonyl (C=O) groups is 1. The Morgan fingerprint density at radius 3 is 2.57 bits per heavy atom. The van der Waals surface area contributed by atoms with Gasteiger partial charge in [0.1, 0.15) is 0 Å². The van der Waals surface area contributed by atoms with Crippen molar-refractivity contribution in [2.45, 2.75) is 11.6 Å². The van der Waals surface area contributed by atoms with Crippen LogP contribution >= 0.6 is 62.2 Å². The molecule has 0 aliphatic rings. The molecule has 11 heteroatoms. The number of aromatic nitrogens is 4. The van der Waals surface area contributed by atoms with Crippen molar-refractivity contribution in [2.75, 3.05) is 11.1 Å². The lowest BCUT2D eigenvalue weighted by molar-refractivity contribution is -0.113. The molecule has 3 aromatic carbocycles. The van der Waals surface area contributed by atoms with Gasteiger partial charge >= 0.3 is 0 Å². The first kappa shape index (κ1) is 25.9. The van der Waals surface area contributed by atoms with Crippen LogP contribution < -0.4 is 5.32 Å². The Bertz CT molecular complexity index is 1540. The molecule has 2 heterocycles. The summed E-state index contributed by atoms with van der Waals surface area (Å²) >= 11 is 18.5. The number of thioether (sulfide) groups is 1. The molecule has 186 valence electrons. The highest BCUT2D eigenvalue weighted by Gasteiger charge is 2.18. The number of amides is 1. The van der Waals surface area contributed by atoms with Crippen LogP contribution in [-0.2, 0) is 11.2 Å². The Hall–Kier alpha value is -2.69. The van der Waals surface area contributed by atoms with Crippen LogP contribution in [-0.4, -0.2) is 31.4 Å². The van der Waals surface area contributed by atoms with E-state index in [1.54, 1.807) is 18.3 Å². The average molecular weight is 631 g/mol. The van der Waals surface area contributed by atoms with Crippen LogP contribution in [0, 0.1) is 0 Å². The Labute approximate surface area is 240 Å². The fraction of sp³-hybridized carbons (Fsp3) is 0.0769. The van der Waals surface area contributed by atoms with Gasteiger partial charge < -0.3 is 5.32 Å². The van der Waals surface area contributed by atoms with Gasteiger partial charge in [0.05, 0.1) is 5.75 Å². The van der Waals surface area contributed by atoms with E-state index in [-0.39, 0.29) is 11.7 Å². The molecule has 1 N–H and O–H groups in total. The Kier molecular flexibility index (Phi) is 8.26. The molecule has 0 saturated heterocycles. The van der Waals surface area contributed by atoms with Crippen LogP contribution in [0.1, 0.15) is 10.4 Å². The van der Waals surface area contributed by atoms with Gasteiger partial charge in [-0.3, -0.25) is 9.36 Å². The smallest absolute Gasteiger partial charge is 0.236 e. The minimum atomic E-state index is -0.178. The van der Waals surface area contributed by atoms with Crippen molar-refractivity contribution in [1.82, 2.24) is 19.7 Å². The summed E-state index contributed by atoms with van der Waals surface area (Å²) in [5, 5.41) is 14.0. The lowest BCUT2D eigenvalue weighted by Crippen LogP contribution is -2.14. The predicted molar refractivity (Wildman–Crippen MR) is 155 cm³/mol. The van der Waals surface area contributed by atoms with Gasteiger partial charge in [-0.05, 0) is 42.0 Å². The Morgan fingerprint density at radius 1 is 1.03 bits per heavy atom. The zero-order valence-electron chi connectivity index (χ0n) is 19.1. The van der Waals surface area contributed by atoms with Gasteiger partial charge in [-0.15, -0.1) is 21.5 Å². The molecular weight excluding hydrogens is 613 g/mol. The molecule has 0 unspecified atom stereocenters. The molecule has 0 aliphatic heterocycles. The van der Waals surface area contributed by atoms with E-state index in [0.29, 0.717) is 32.6 Å². The van der Waals surface area contributed by atoms with E-state index in [0.717, 1.165) is 26.2 Å². The number of rotatable bonds is 8. The summed E-state index contributed by atoms with van der Waals surface area (Å²) in [6, 6.07) is 23.1. The zero-order valence-corrected chi connectivity index (χ0v) is 23.8. The van der Waals surface area contributed by atoms with Crippen molar-refractivity contribution < 1.29 is 4.79 Å². The quantitative estimate of drug-likeness (QED) is 0.177. The second kappa shape index (κ2) is 11.8. The lowest BCUT2D eigenvalue weighted by Gasteiger charge is -2.10. The number of carbonyl (C=O) groups excluding carboxylic acids is 1. The fourth-order valence-electron chi connectivity index (χ4n) is 3.54. The Morgan fingerprint density at radius 2 is 1.81 bits per heavy atom. The van der Waals surface area contributed by atoms with Gasteiger partial charge in [-0.25, -0.2) is 4.98 Å². The summed E-state index contributed by atoms with van der Waals surface area (Å²) in [4.78, 5) is 18.1. The van der Waals surface area contributed by atoms with E-state index >= 15 is 0 Å². The normalized spacial score (nSPS) is 11.0. The lowest BCUT2D eigenvalue weighted by atomic mass is 10.1. The summed E-state index contributed by atoms with van der Waals surface area (Å²) in [5.41, 5.74) is 2.79. The molecule has 0 atom stereocenters. The van der Waals surface area contributed by atoms with E-state index in [9.17, 15) is 4.79 Å².